The van der Waals surface area contributed by atoms with Crippen molar-refractivity contribution >= 4 is 5.97 Å². The number of carboxylic acids is 1. The van der Waals surface area contributed by atoms with E-state index in [-0.39, 0.29) is 11.3 Å². The molecule has 4 nitrogen and oxygen atoms in total. The highest BCUT2D eigenvalue weighted by Gasteiger charge is 2.15. The van der Waals surface area contributed by atoms with E-state index in [9.17, 15) is 15.0 Å². The third-order valence-corrected chi connectivity index (χ3v) is 2.02. The van der Waals surface area contributed by atoms with Gasteiger partial charge < -0.3 is 15.3 Å². The van der Waals surface area contributed by atoms with Gasteiger partial charge in [0, 0.05) is 0 Å². The molecule has 0 aliphatic rings. The lowest BCUT2D eigenvalue weighted by Gasteiger charge is -2.08. The molecule has 82 valence electrons. The minimum atomic E-state index is -1.24. The van der Waals surface area contributed by atoms with Gasteiger partial charge in [-0.25, -0.2) is 4.79 Å². The van der Waals surface area contributed by atoms with Gasteiger partial charge in [-0.1, -0.05) is 13.8 Å². The van der Waals surface area contributed by atoms with Crippen LogP contribution in [0.3, 0.4) is 0 Å². The smallest absolute Gasteiger partial charge is 0.339 e. The van der Waals surface area contributed by atoms with Crippen molar-refractivity contribution in [3.05, 3.63) is 23.3 Å². The Hall–Kier alpha value is -1.71. The first-order valence-corrected chi connectivity index (χ1v) is 4.70. The summed E-state index contributed by atoms with van der Waals surface area (Å²) >= 11 is 0. The van der Waals surface area contributed by atoms with Crippen molar-refractivity contribution in [2.45, 2.75) is 20.3 Å². The molecule has 0 saturated heterocycles. The molecule has 0 radical (unpaired) electrons. The monoisotopic (exact) mass is 210 g/mol. The van der Waals surface area contributed by atoms with Gasteiger partial charge in [0.05, 0.1) is 0 Å². The van der Waals surface area contributed by atoms with E-state index < -0.39 is 11.7 Å². The molecule has 0 amide bonds. The molecule has 3 N–H and O–H groups in total. The largest absolute Gasteiger partial charge is 0.504 e. The summed E-state index contributed by atoms with van der Waals surface area (Å²) in [6.45, 7) is 3.98. The summed E-state index contributed by atoms with van der Waals surface area (Å²) < 4.78 is 0. The predicted molar refractivity (Wildman–Crippen MR) is 55.3 cm³/mol. The van der Waals surface area contributed by atoms with Crippen LogP contribution in [0, 0.1) is 5.92 Å². The maximum atomic E-state index is 10.7. The lowest BCUT2D eigenvalue weighted by atomic mass is 10.00. The zero-order chi connectivity index (χ0) is 11.6. The fraction of sp³-hybridized carbons (Fsp3) is 0.364. The van der Waals surface area contributed by atoms with Crippen LogP contribution >= 0.6 is 0 Å². The second-order valence-corrected chi connectivity index (χ2v) is 3.91. The van der Waals surface area contributed by atoms with E-state index in [0.29, 0.717) is 17.9 Å². The molecule has 4 heteroatoms. The van der Waals surface area contributed by atoms with Crippen molar-refractivity contribution < 1.29 is 20.1 Å². The summed E-state index contributed by atoms with van der Waals surface area (Å²) in [6.07, 6.45) is 0.661. The third-order valence-electron chi connectivity index (χ3n) is 2.02. The molecule has 0 bridgehead atoms. The first-order valence-electron chi connectivity index (χ1n) is 4.70. The van der Waals surface area contributed by atoms with Crippen LogP contribution in [-0.2, 0) is 6.42 Å². The zero-order valence-electron chi connectivity index (χ0n) is 8.69. The highest BCUT2D eigenvalue weighted by atomic mass is 16.4. The van der Waals surface area contributed by atoms with E-state index in [0.717, 1.165) is 0 Å². The van der Waals surface area contributed by atoms with E-state index in [2.05, 4.69) is 0 Å². The van der Waals surface area contributed by atoms with Gasteiger partial charge in [0.1, 0.15) is 5.56 Å². The lowest BCUT2D eigenvalue weighted by Crippen LogP contribution is -2.01. The molecule has 0 fully saturated rings. The van der Waals surface area contributed by atoms with E-state index >= 15 is 0 Å². The molecule has 0 aliphatic carbocycles. The third kappa shape index (κ3) is 2.62. The predicted octanol–water partition coefficient (Wildman–Crippen LogP) is 1.99. The van der Waals surface area contributed by atoms with Gasteiger partial charge in [-0.05, 0) is 30.0 Å². The molecule has 1 aromatic carbocycles. The Morgan fingerprint density at radius 3 is 2.40 bits per heavy atom. The van der Waals surface area contributed by atoms with Gasteiger partial charge in [-0.3, -0.25) is 0 Å². The number of phenols is 2. The molecule has 0 spiro atoms. The zero-order valence-corrected chi connectivity index (χ0v) is 8.69. The van der Waals surface area contributed by atoms with Crippen molar-refractivity contribution in [1.82, 2.24) is 0 Å². The van der Waals surface area contributed by atoms with Crippen molar-refractivity contribution in [1.29, 1.82) is 0 Å². The van der Waals surface area contributed by atoms with Crippen LogP contribution in [0.5, 0.6) is 11.5 Å². The van der Waals surface area contributed by atoms with Crippen molar-refractivity contribution in [3.8, 4) is 11.5 Å². The maximum Gasteiger partial charge on any atom is 0.339 e. The maximum absolute atomic E-state index is 10.7. The summed E-state index contributed by atoms with van der Waals surface area (Å²) in [5.74, 6) is -1.84. The van der Waals surface area contributed by atoms with Crippen molar-refractivity contribution in [2.75, 3.05) is 0 Å². The van der Waals surface area contributed by atoms with Crippen LogP contribution in [-0.4, -0.2) is 21.3 Å². The fourth-order valence-corrected chi connectivity index (χ4v) is 1.43. The second kappa shape index (κ2) is 4.21. The summed E-state index contributed by atoms with van der Waals surface area (Å²) in [7, 11) is 0. The van der Waals surface area contributed by atoms with E-state index in [1.165, 1.54) is 12.1 Å². The summed E-state index contributed by atoms with van der Waals surface area (Å²) in [4.78, 5) is 10.7. The van der Waals surface area contributed by atoms with Gasteiger partial charge in [0.25, 0.3) is 0 Å². The van der Waals surface area contributed by atoms with Crippen LogP contribution < -0.4 is 0 Å². The average Bonchev–Trinajstić information content (AvgIpc) is 2.09. The summed E-state index contributed by atoms with van der Waals surface area (Å²) in [5.41, 5.74) is 0.448. The average molecular weight is 210 g/mol. The molecule has 15 heavy (non-hydrogen) atoms. The fourth-order valence-electron chi connectivity index (χ4n) is 1.43. The molecule has 0 aromatic heterocycles. The van der Waals surface area contributed by atoms with E-state index in [4.69, 9.17) is 5.11 Å². The first kappa shape index (κ1) is 11.4. The Morgan fingerprint density at radius 2 is 1.93 bits per heavy atom. The molecule has 1 rings (SSSR count). The molecule has 0 unspecified atom stereocenters. The molecular weight excluding hydrogens is 196 g/mol. The summed E-state index contributed by atoms with van der Waals surface area (Å²) in [6, 6.07) is 2.78. The number of benzene rings is 1. The highest BCUT2D eigenvalue weighted by Crippen LogP contribution is 2.31. The summed E-state index contributed by atoms with van der Waals surface area (Å²) in [5, 5.41) is 27.4. The van der Waals surface area contributed by atoms with E-state index in [1.54, 1.807) is 0 Å². The number of carboxylic acid groups (broad SMARTS) is 1. The SMILES string of the molecule is CC(C)Cc1cc(O)c(O)c(C(=O)O)c1. The molecule has 0 heterocycles. The molecular formula is C11H14O4. The van der Waals surface area contributed by atoms with Gasteiger partial charge in [0.15, 0.2) is 11.5 Å². The normalized spacial score (nSPS) is 10.6. The number of aromatic hydroxyl groups is 2. The van der Waals surface area contributed by atoms with Crippen molar-refractivity contribution in [2.24, 2.45) is 5.92 Å². The Kier molecular flexibility index (Phi) is 3.19. The van der Waals surface area contributed by atoms with Crippen LogP contribution in [0.15, 0.2) is 12.1 Å². The quantitative estimate of drug-likeness (QED) is 0.667. The Labute approximate surface area is 87.8 Å². The number of carbonyl (C=O) groups is 1. The minimum absolute atomic E-state index is 0.259. The number of hydrogen-bond acceptors (Lipinski definition) is 3. The van der Waals surface area contributed by atoms with Crippen LogP contribution in [0.25, 0.3) is 0 Å². The number of phenolic OH excluding ortho intramolecular Hbond substituents is 1. The molecule has 0 aliphatic heterocycles. The van der Waals surface area contributed by atoms with Gasteiger partial charge in [-0.15, -0.1) is 0 Å². The van der Waals surface area contributed by atoms with Gasteiger partial charge in [0.2, 0.25) is 0 Å². The lowest BCUT2D eigenvalue weighted by molar-refractivity contribution is 0.0692. The second-order valence-electron chi connectivity index (χ2n) is 3.91. The molecule has 1 aromatic rings. The van der Waals surface area contributed by atoms with Crippen LogP contribution in [0.1, 0.15) is 29.8 Å². The number of aromatic carboxylic acids is 1. The highest BCUT2D eigenvalue weighted by molar-refractivity contribution is 5.92. The Balaban J connectivity index is 3.17. The minimum Gasteiger partial charge on any atom is -0.504 e. The number of hydrogen-bond donors (Lipinski definition) is 3. The van der Waals surface area contributed by atoms with E-state index in [1.807, 2.05) is 13.8 Å². The number of rotatable bonds is 3. The first-order chi connectivity index (χ1) is 6.91. The Bertz CT molecular complexity index is 382. The molecule has 0 atom stereocenters. The van der Waals surface area contributed by atoms with Gasteiger partial charge in [-0.2, -0.15) is 0 Å². The van der Waals surface area contributed by atoms with Crippen LogP contribution in [0.4, 0.5) is 0 Å². The Morgan fingerprint density at radius 1 is 1.33 bits per heavy atom. The topological polar surface area (TPSA) is 77.8 Å². The molecule has 0 saturated carbocycles. The van der Waals surface area contributed by atoms with Gasteiger partial charge >= 0.3 is 5.97 Å². The van der Waals surface area contributed by atoms with Crippen LogP contribution in [0.2, 0.25) is 0 Å². The van der Waals surface area contributed by atoms with Crippen molar-refractivity contribution in [3.63, 3.8) is 0 Å². The standard InChI is InChI=1S/C11H14O4/c1-6(2)3-7-4-8(11(14)15)10(13)9(12)5-7/h4-6,12-13H,3H2,1-2H3,(H,14,15).